The summed E-state index contributed by atoms with van der Waals surface area (Å²) in [6.07, 6.45) is -6.99. The lowest BCUT2D eigenvalue weighted by Gasteiger charge is -2.48. The fourth-order valence-corrected chi connectivity index (χ4v) is 7.22. The Morgan fingerprint density at radius 3 is 2.32 bits per heavy atom. The Kier molecular flexibility index (Phi) is 8.37. The number of nitrogens with zero attached hydrogens (tertiary/aromatic N) is 3. The molecule has 0 spiro atoms. The first-order valence-electron chi connectivity index (χ1n) is 13.1. The summed E-state index contributed by atoms with van der Waals surface area (Å²) in [5, 5.41) is 9.10. The number of anilines is 2. The molecule has 234 valence electrons. The van der Waals surface area contributed by atoms with Gasteiger partial charge in [0, 0.05) is 30.2 Å². The molecule has 2 aliphatic heterocycles. The molecule has 0 aromatic heterocycles. The highest BCUT2D eigenvalue weighted by molar-refractivity contribution is 7.92. The molecule has 7 nitrogen and oxygen atoms in total. The van der Waals surface area contributed by atoms with Crippen LogP contribution in [0.25, 0.3) is 12.2 Å². The first kappa shape index (κ1) is 31.7. The van der Waals surface area contributed by atoms with Crippen molar-refractivity contribution in [3.05, 3.63) is 87.9 Å². The maximum absolute atomic E-state index is 13.9. The topological polar surface area (TPSA) is 81.2 Å². The molecule has 0 saturated carbocycles. The van der Waals surface area contributed by atoms with E-state index in [-0.39, 0.29) is 35.9 Å². The molecule has 1 fully saturated rings. The molecule has 1 atom stereocenters. The van der Waals surface area contributed by atoms with E-state index in [2.05, 4.69) is 0 Å². The van der Waals surface area contributed by atoms with Crippen molar-refractivity contribution in [3.63, 3.8) is 0 Å². The van der Waals surface area contributed by atoms with Crippen LogP contribution in [-0.4, -0.2) is 63.2 Å². The minimum Gasteiger partial charge on any atom is -0.480 e. The smallest absolute Gasteiger partial charge is 0.417 e. The van der Waals surface area contributed by atoms with Crippen molar-refractivity contribution >= 4 is 51.1 Å². The molecule has 3 aromatic carbocycles. The van der Waals surface area contributed by atoms with Crippen LogP contribution >= 0.6 is 11.6 Å². The van der Waals surface area contributed by atoms with E-state index in [4.69, 9.17) is 11.6 Å². The number of benzene rings is 3. The Labute approximate surface area is 253 Å². The fourth-order valence-electron chi connectivity index (χ4n) is 5.43. The molecular formula is C29H24ClF6N3O4S. The van der Waals surface area contributed by atoms with Gasteiger partial charge in [0.05, 0.1) is 46.5 Å². The quantitative estimate of drug-likeness (QED) is 0.246. The lowest BCUT2D eigenvalue weighted by molar-refractivity contribution is -0.139. The van der Waals surface area contributed by atoms with Gasteiger partial charge in [-0.1, -0.05) is 42.0 Å². The molecule has 0 bridgehead atoms. The molecule has 44 heavy (non-hydrogen) atoms. The van der Waals surface area contributed by atoms with Crippen molar-refractivity contribution in [3.8, 4) is 0 Å². The summed E-state index contributed by atoms with van der Waals surface area (Å²) in [6, 6.07) is 10.7. The van der Waals surface area contributed by atoms with Gasteiger partial charge in [-0.25, -0.2) is 8.42 Å². The van der Waals surface area contributed by atoms with E-state index < -0.39 is 50.4 Å². The number of hydrogen-bond donors (Lipinski definition) is 1. The van der Waals surface area contributed by atoms with E-state index in [1.54, 1.807) is 17.0 Å². The zero-order valence-electron chi connectivity index (χ0n) is 22.6. The third kappa shape index (κ3) is 6.37. The average molecular weight is 660 g/mol. The minimum absolute atomic E-state index is 0.114. The van der Waals surface area contributed by atoms with Crippen LogP contribution in [0.2, 0.25) is 5.02 Å². The molecule has 1 N–H and O–H groups in total. The summed E-state index contributed by atoms with van der Waals surface area (Å²) in [5.74, 6) is -1.06. The number of rotatable bonds is 6. The van der Waals surface area contributed by atoms with Crippen molar-refractivity contribution in [1.29, 1.82) is 0 Å². The predicted molar refractivity (Wildman–Crippen MR) is 153 cm³/mol. The van der Waals surface area contributed by atoms with Crippen LogP contribution in [0.3, 0.4) is 0 Å². The van der Waals surface area contributed by atoms with Gasteiger partial charge in [-0.2, -0.15) is 26.3 Å². The zero-order chi connectivity index (χ0) is 32.0. The molecule has 0 aliphatic carbocycles. The largest absolute Gasteiger partial charge is 0.480 e. The standard InChI is InChI=1S/C29H24ClF6N3O4S/c30-24-6-2-5-23(29(34,35)36)22(24)9-7-18-8-10-25-26(13-18)39(16-20-15-37(17-27(40)41)11-12-38(20)25)44(42,43)21-4-1-3-19(14-21)28(31,32)33/h1-10,13-14,20H,11-12,15-17H2,(H,40,41)/b9-7+/t20-/m0/s1. The molecule has 2 heterocycles. The summed E-state index contributed by atoms with van der Waals surface area (Å²) >= 11 is 6.07. The Balaban J connectivity index is 1.59. The Bertz CT molecular complexity index is 1730. The molecule has 2 aliphatic rings. The average Bonchev–Trinajstić information content (AvgIpc) is 2.94. The van der Waals surface area contributed by atoms with Gasteiger partial charge in [0.2, 0.25) is 0 Å². The van der Waals surface area contributed by atoms with Gasteiger partial charge in [-0.3, -0.25) is 14.0 Å². The maximum atomic E-state index is 13.9. The number of fused-ring (bicyclic) bond motifs is 3. The third-order valence-corrected chi connectivity index (χ3v) is 9.54. The molecular weight excluding hydrogens is 636 g/mol. The summed E-state index contributed by atoms with van der Waals surface area (Å²) in [6.45, 7) is 0.388. The van der Waals surface area contributed by atoms with Gasteiger partial charge in [0.15, 0.2) is 0 Å². The number of piperazine rings is 1. The van der Waals surface area contributed by atoms with Crippen LogP contribution in [0.15, 0.2) is 65.6 Å². The summed E-state index contributed by atoms with van der Waals surface area (Å²) < 4.78 is 110. The van der Waals surface area contributed by atoms with Crippen LogP contribution < -0.4 is 9.21 Å². The van der Waals surface area contributed by atoms with Gasteiger partial charge in [0.25, 0.3) is 10.0 Å². The number of sulfonamides is 1. The van der Waals surface area contributed by atoms with Crippen molar-refractivity contribution in [1.82, 2.24) is 4.90 Å². The predicted octanol–water partition coefficient (Wildman–Crippen LogP) is 6.33. The van der Waals surface area contributed by atoms with Crippen LogP contribution in [0.4, 0.5) is 37.7 Å². The van der Waals surface area contributed by atoms with E-state index in [0.717, 1.165) is 34.6 Å². The van der Waals surface area contributed by atoms with Gasteiger partial charge in [-0.05, 0) is 48.0 Å². The fraction of sp³-hybridized carbons (Fsp3) is 0.276. The van der Waals surface area contributed by atoms with Gasteiger partial charge in [-0.15, -0.1) is 0 Å². The molecule has 1 saturated heterocycles. The monoisotopic (exact) mass is 659 g/mol. The normalized spacial score (nSPS) is 17.9. The molecule has 5 rings (SSSR count). The Morgan fingerprint density at radius 1 is 0.909 bits per heavy atom. The lowest BCUT2D eigenvalue weighted by Crippen LogP contribution is -2.61. The van der Waals surface area contributed by atoms with E-state index in [1.807, 2.05) is 4.90 Å². The van der Waals surface area contributed by atoms with Crippen LogP contribution in [0.1, 0.15) is 22.3 Å². The number of carboxylic acids is 1. The van der Waals surface area contributed by atoms with Gasteiger partial charge in [0.1, 0.15) is 0 Å². The highest BCUT2D eigenvalue weighted by atomic mass is 35.5. The van der Waals surface area contributed by atoms with Crippen molar-refractivity contribution < 1.29 is 44.7 Å². The number of carboxylic acid groups (broad SMARTS) is 1. The SMILES string of the molecule is O=C(O)CN1CCN2c3ccc(/C=C/c4c(Cl)cccc4C(F)(F)F)cc3N(S(=O)(=O)c3cccc(C(F)(F)F)c3)C[C@@H]2C1. The maximum Gasteiger partial charge on any atom is 0.417 e. The number of alkyl halides is 6. The van der Waals surface area contributed by atoms with Crippen LogP contribution in [-0.2, 0) is 27.2 Å². The van der Waals surface area contributed by atoms with Crippen LogP contribution in [0.5, 0.6) is 0 Å². The number of aliphatic carboxylic acids is 1. The summed E-state index contributed by atoms with van der Waals surface area (Å²) in [7, 11) is -4.59. The lowest BCUT2D eigenvalue weighted by atomic mass is 10.0. The van der Waals surface area contributed by atoms with Crippen molar-refractivity contribution in [2.45, 2.75) is 23.3 Å². The molecule has 0 amide bonds. The number of halogens is 7. The molecule has 0 unspecified atom stereocenters. The molecule has 0 radical (unpaired) electrons. The second-order valence-corrected chi connectivity index (χ2v) is 12.6. The first-order valence-corrected chi connectivity index (χ1v) is 15.0. The highest BCUT2D eigenvalue weighted by Crippen LogP contribution is 2.42. The number of hydrogen-bond acceptors (Lipinski definition) is 5. The first-order chi connectivity index (χ1) is 20.6. The molecule has 3 aromatic rings. The van der Waals surface area contributed by atoms with E-state index in [0.29, 0.717) is 30.4 Å². The third-order valence-electron chi connectivity index (χ3n) is 7.43. The second kappa shape index (κ2) is 11.6. The highest BCUT2D eigenvalue weighted by Gasteiger charge is 2.41. The van der Waals surface area contributed by atoms with E-state index in [9.17, 15) is 44.7 Å². The number of carbonyl (C=O) groups is 1. The Morgan fingerprint density at radius 2 is 1.64 bits per heavy atom. The minimum atomic E-state index is -4.80. The Hall–Kier alpha value is -3.75. The van der Waals surface area contributed by atoms with Crippen molar-refractivity contribution in [2.75, 3.05) is 41.9 Å². The summed E-state index contributed by atoms with van der Waals surface area (Å²) in [4.78, 5) is 14.3. The van der Waals surface area contributed by atoms with E-state index in [1.165, 1.54) is 24.3 Å². The van der Waals surface area contributed by atoms with E-state index >= 15 is 0 Å². The van der Waals surface area contributed by atoms with Gasteiger partial charge < -0.3 is 10.0 Å². The van der Waals surface area contributed by atoms with Crippen molar-refractivity contribution in [2.24, 2.45) is 0 Å². The van der Waals surface area contributed by atoms with Gasteiger partial charge >= 0.3 is 18.3 Å². The zero-order valence-corrected chi connectivity index (χ0v) is 24.2. The molecule has 15 heteroatoms. The summed E-state index contributed by atoms with van der Waals surface area (Å²) in [5.41, 5.74) is -1.55. The van der Waals surface area contributed by atoms with Crippen LogP contribution in [0, 0.1) is 0 Å². The second-order valence-electron chi connectivity index (χ2n) is 10.3.